The number of fused-ring (bicyclic) bond motifs is 2. The summed E-state index contributed by atoms with van der Waals surface area (Å²) in [5.74, 6) is 1.36. The van der Waals surface area contributed by atoms with Crippen LogP contribution in [-0.2, 0) is 0 Å². The Morgan fingerprint density at radius 2 is 2.10 bits per heavy atom. The lowest BCUT2D eigenvalue weighted by molar-refractivity contribution is 0.182. The second kappa shape index (κ2) is 8.07. The number of urea groups is 1. The molecule has 162 valence electrons. The van der Waals surface area contributed by atoms with Gasteiger partial charge in [0.1, 0.15) is 23.4 Å². The maximum atomic E-state index is 11.9. The van der Waals surface area contributed by atoms with E-state index in [9.17, 15) is 4.79 Å². The predicted octanol–water partition coefficient (Wildman–Crippen LogP) is 3.66. The number of H-pyrrole nitrogens is 1. The van der Waals surface area contributed by atoms with Gasteiger partial charge in [-0.25, -0.2) is 19.3 Å². The molecule has 1 aliphatic heterocycles. The van der Waals surface area contributed by atoms with Crippen LogP contribution < -0.4 is 11.1 Å². The van der Waals surface area contributed by atoms with Crippen LogP contribution in [0.25, 0.3) is 27.8 Å². The summed E-state index contributed by atoms with van der Waals surface area (Å²) >= 11 is 6.34. The number of hydrogen-bond acceptors (Lipinski definition) is 5. The molecule has 4 N–H and O–H groups in total. The van der Waals surface area contributed by atoms with Gasteiger partial charge in [0.2, 0.25) is 0 Å². The van der Waals surface area contributed by atoms with E-state index < -0.39 is 0 Å². The third-order valence-electron chi connectivity index (χ3n) is 5.71. The van der Waals surface area contributed by atoms with Gasteiger partial charge in [0.05, 0.1) is 16.2 Å². The summed E-state index contributed by atoms with van der Waals surface area (Å²) in [5.41, 5.74) is 9.26. The molecule has 1 fully saturated rings. The highest BCUT2D eigenvalue weighted by Crippen LogP contribution is 2.35. The Bertz CT molecular complexity index is 1260. The highest BCUT2D eigenvalue weighted by atomic mass is 35.5. The van der Waals surface area contributed by atoms with Gasteiger partial charge in [-0.3, -0.25) is 0 Å². The normalized spacial score (nSPS) is 14.7. The van der Waals surface area contributed by atoms with Crippen molar-refractivity contribution >= 4 is 39.9 Å². The van der Waals surface area contributed by atoms with E-state index in [0.29, 0.717) is 35.1 Å². The van der Waals surface area contributed by atoms with Crippen LogP contribution in [0.3, 0.4) is 0 Å². The van der Waals surface area contributed by atoms with Crippen molar-refractivity contribution in [1.29, 1.82) is 0 Å². The molecule has 0 spiro atoms. The van der Waals surface area contributed by atoms with E-state index >= 15 is 0 Å². The minimum absolute atomic E-state index is 0. The van der Waals surface area contributed by atoms with Crippen LogP contribution in [0.2, 0.25) is 5.02 Å². The Labute approximate surface area is 184 Å². The first-order valence-corrected chi connectivity index (χ1v) is 10.2. The number of nitrogens with two attached hydrogens (primary N) is 1. The van der Waals surface area contributed by atoms with Crippen molar-refractivity contribution in [3.8, 4) is 11.4 Å². The number of aromatic nitrogens is 5. The predicted molar refractivity (Wildman–Crippen MR) is 122 cm³/mol. The summed E-state index contributed by atoms with van der Waals surface area (Å²) < 4.78 is 1.78. The van der Waals surface area contributed by atoms with Gasteiger partial charge in [0, 0.05) is 31.4 Å². The van der Waals surface area contributed by atoms with Crippen molar-refractivity contribution in [2.24, 2.45) is 0 Å². The number of carbonyl (C=O) groups excluding carboxylic acids is 1. The van der Waals surface area contributed by atoms with Crippen LogP contribution >= 0.6 is 11.6 Å². The number of aromatic amines is 1. The SMILES string of the molecule is C.CNC(=O)N1CCC(c2nc(-c3cc4cccc(Cl)c4[nH]3)c3c(N)ncnn23)CC1. The first-order valence-electron chi connectivity index (χ1n) is 9.80. The molecule has 31 heavy (non-hydrogen) atoms. The molecule has 0 atom stereocenters. The molecule has 0 bridgehead atoms. The van der Waals surface area contributed by atoms with E-state index in [1.165, 1.54) is 6.33 Å². The Morgan fingerprint density at radius 3 is 2.81 bits per heavy atom. The zero-order chi connectivity index (χ0) is 20.8. The van der Waals surface area contributed by atoms with Crippen molar-refractivity contribution in [3.05, 3.63) is 41.4 Å². The van der Waals surface area contributed by atoms with Gasteiger partial charge in [-0.2, -0.15) is 5.10 Å². The first-order chi connectivity index (χ1) is 14.6. The number of piperidine rings is 1. The fourth-order valence-electron chi connectivity index (χ4n) is 4.17. The number of nitrogens with zero attached hydrogens (tertiary/aromatic N) is 5. The molecule has 5 rings (SSSR count). The smallest absolute Gasteiger partial charge is 0.317 e. The fourth-order valence-corrected chi connectivity index (χ4v) is 4.40. The average Bonchev–Trinajstić information content (AvgIpc) is 3.37. The van der Waals surface area contributed by atoms with Gasteiger partial charge in [-0.05, 0) is 25.0 Å². The number of amides is 2. The van der Waals surface area contributed by atoms with Crippen LogP contribution in [0.15, 0.2) is 30.6 Å². The molecule has 3 aromatic heterocycles. The second-order valence-electron chi connectivity index (χ2n) is 7.43. The number of likely N-dealkylation sites (tertiary alicyclic amines) is 1. The lowest BCUT2D eigenvalue weighted by Crippen LogP contribution is -2.42. The van der Waals surface area contributed by atoms with Crippen LogP contribution in [-0.4, -0.2) is 55.6 Å². The summed E-state index contributed by atoms with van der Waals surface area (Å²) in [4.78, 5) is 26.2. The number of rotatable bonds is 2. The lowest BCUT2D eigenvalue weighted by Gasteiger charge is -2.30. The van der Waals surface area contributed by atoms with Crippen molar-refractivity contribution in [1.82, 2.24) is 34.8 Å². The number of halogens is 1. The molecular formula is C21H25ClN8O. The Balaban J connectivity index is 0.00000231. The number of nitrogen functional groups attached to an aromatic ring is 1. The summed E-state index contributed by atoms with van der Waals surface area (Å²) in [7, 11) is 1.65. The second-order valence-corrected chi connectivity index (χ2v) is 7.84. The molecule has 1 aromatic carbocycles. The summed E-state index contributed by atoms with van der Waals surface area (Å²) in [5, 5.41) is 8.76. The topological polar surface area (TPSA) is 117 Å². The molecule has 10 heteroatoms. The molecule has 0 saturated carbocycles. The standard InChI is InChI=1S/C20H21ClN8O.CH4/c1-23-20(30)28-7-5-11(6-8-28)19-27-16(17-18(22)24-10-25-29(17)19)14-9-12-3-2-4-13(21)15(12)26-14;/h2-4,9-11,26H,5-8H2,1H3,(H,23,30)(H2,22,24,25);1H4. The number of anilines is 1. The van der Waals surface area contributed by atoms with Gasteiger partial charge in [-0.15, -0.1) is 0 Å². The van der Waals surface area contributed by atoms with Gasteiger partial charge >= 0.3 is 6.03 Å². The third kappa shape index (κ3) is 3.44. The Hall–Kier alpha value is -3.33. The molecule has 2 amide bonds. The molecule has 4 aromatic rings. The van der Waals surface area contributed by atoms with Crippen molar-refractivity contribution in [2.75, 3.05) is 25.9 Å². The third-order valence-corrected chi connectivity index (χ3v) is 6.02. The molecule has 0 radical (unpaired) electrons. The molecule has 1 saturated heterocycles. The van der Waals surface area contributed by atoms with Crippen molar-refractivity contribution < 1.29 is 4.79 Å². The van der Waals surface area contributed by atoms with E-state index in [1.807, 2.05) is 29.2 Å². The average molecular weight is 441 g/mol. The van der Waals surface area contributed by atoms with Gasteiger partial charge in [0.15, 0.2) is 5.82 Å². The highest BCUT2D eigenvalue weighted by molar-refractivity contribution is 6.35. The van der Waals surface area contributed by atoms with Crippen LogP contribution in [0.1, 0.15) is 32.0 Å². The van der Waals surface area contributed by atoms with E-state index in [0.717, 1.165) is 35.3 Å². The largest absolute Gasteiger partial charge is 0.382 e. The van der Waals surface area contributed by atoms with Crippen LogP contribution in [0, 0.1) is 0 Å². The molecular weight excluding hydrogens is 416 g/mol. The summed E-state index contributed by atoms with van der Waals surface area (Å²) in [6, 6.07) is 7.71. The zero-order valence-electron chi connectivity index (χ0n) is 16.4. The number of hydrogen-bond donors (Lipinski definition) is 3. The van der Waals surface area contributed by atoms with Crippen LogP contribution in [0.5, 0.6) is 0 Å². The maximum Gasteiger partial charge on any atom is 0.317 e. The Kier molecular flexibility index (Phi) is 5.45. The highest BCUT2D eigenvalue weighted by Gasteiger charge is 2.29. The van der Waals surface area contributed by atoms with E-state index in [4.69, 9.17) is 22.3 Å². The van der Waals surface area contributed by atoms with E-state index in [-0.39, 0.29) is 19.4 Å². The zero-order valence-corrected chi connectivity index (χ0v) is 17.1. The maximum absolute atomic E-state index is 11.9. The summed E-state index contributed by atoms with van der Waals surface area (Å²) in [6.07, 6.45) is 3.04. The van der Waals surface area contributed by atoms with Crippen LogP contribution in [0.4, 0.5) is 10.6 Å². The molecule has 4 heterocycles. The number of benzene rings is 1. The van der Waals surface area contributed by atoms with Crippen molar-refractivity contribution in [3.63, 3.8) is 0 Å². The van der Waals surface area contributed by atoms with E-state index in [1.54, 1.807) is 11.6 Å². The summed E-state index contributed by atoms with van der Waals surface area (Å²) in [6.45, 7) is 1.33. The Morgan fingerprint density at radius 1 is 1.32 bits per heavy atom. The first kappa shape index (κ1) is 20.9. The molecule has 9 nitrogen and oxygen atoms in total. The van der Waals surface area contributed by atoms with E-state index in [2.05, 4.69) is 20.4 Å². The van der Waals surface area contributed by atoms with Gasteiger partial charge in [-0.1, -0.05) is 31.2 Å². The molecule has 1 aliphatic rings. The quantitative estimate of drug-likeness (QED) is 0.439. The van der Waals surface area contributed by atoms with Gasteiger partial charge in [0.25, 0.3) is 0 Å². The minimum Gasteiger partial charge on any atom is -0.382 e. The van der Waals surface area contributed by atoms with Crippen molar-refractivity contribution in [2.45, 2.75) is 26.2 Å². The minimum atomic E-state index is -0.0522. The monoisotopic (exact) mass is 440 g/mol. The number of imidazole rings is 1. The van der Waals surface area contributed by atoms with Gasteiger partial charge < -0.3 is 20.9 Å². The molecule has 0 aliphatic carbocycles. The number of para-hydroxylation sites is 1. The number of carbonyl (C=O) groups is 1. The fraction of sp³-hybridized carbons (Fsp3) is 0.333. The molecule has 0 unspecified atom stereocenters. The number of nitrogens with one attached hydrogen (secondary N) is 2. The lowest BCUT2D eigenvalue weighted by atomic mass is 9.96.